The van der Waals surface area contributed by atoms with E-state index in [-0.39, 0.29) is 12.5 Å². The lowest BCUT2D eigenvalue weighted by Crippen LogP contribution is -2.28. The van der Waals surface area contributed by atoms with Gasteiger partial charge in [-0.05, 0) is 18.8 Å². The lowest BCUT2D eigenvalue weighted by Gasteiger charge is -2.06. The number of hydrogen-bond donors (Lipinski definition) is 3. The fourth-order valence-corrected chi connectivity index (χ4v) is 1.75. The summed E-state index contributed by atoms with van der Waals surface area (Å²) in [6.07, 6.45) is 1.75. The molecule has 4 nitrogen and oxygen atoms in total. The van der Waals surface area contributed by atoms with Crippen LogP contribution in [-0.4, -0.2) is 46.9 Å². The highest BCUT2D eigenvalue weighted by Crippen LogP contribution is 2.27. The number of amides is 1. The van der Waals surface area contributed by atoms with Crippen molar-refractivity contribution in [2.24, 2.45) is 5.92 Å². The molecule has 1 atom stereocenters. The number of carbonyl (C=O) groups excluding carboxylic acids is 1. The van der Waals surface area contributed by atoms with Crippen molar-refractivity contribution in [1.82, 2.24) is 5.32 Å². The topological polar surface area (TPSA) is 69.6 Å². The van der Waals surface area contributed by atoms with E-state index < -0.39 is 6.10 Å². The van der Waals surface area contributed by atoms with E-state index in [1.54, 1.807) is 0 Å². The first-order valence-corrected chi connectivity index (χ1v) is 6.01. The molecule has 1 unspecified atom stereocenters. The number of thioether (sulfide) groups is 1. The van der Waals surface area contributed by atoms with E-state index in [0.717, 1.165) is 6.54 Å². The standard InChI is InChI=1S/C9H17NO3S/c11-4-8(12)5-14-6-9(13)10-3-7-1-2-7/h7-8,11-12H,1-6H2,(H,10,13). The number of rotatable bonds is 7. The van der Waals surface area contributed by atoms with Crippen molar-refractivity contribution in [3.05, 3.63) is 0 Å². The molecule has 3 N–H and O–H groups in total. The van der Waals surface area contributed by atoms with Gasteiger partial charge in [0.2, 0.25) is 5.91 Å². The lowest BCUT2D eigenvalue weighted by molar-refractivity contribution is -0.118. The monoisotopic (exact) mass is 219 g/mol. The van der Waals surface area contributed by atoms with E-state index in [1.807, 2.05) is 0 Å². The molecule has 0 aromatic heterocycles. The number of carbonyl (C=O) groups is 1. The van der Waals surface area contributed by atoms with E-state index >= 15 is 0 Å². The summed E-state index contributed by atoms with van der Waals surface area (Å²) in [7, 11) is 0. The van der Waals surface area contributed by atoms with Crippen LogP contribution in [0.3, 0.4) is 0 Å². The van der Waals surface area contributed by atoms with Crippen LogP contribution >= 0.6 is 11.8 Å². The third-order valence-electron chi connectivity index (χ3n) is 2.04. The van der Waals surface area contributed by atoms with Crippen molar-refractivity contribution in [3.8, 4) is 0 Å². The smallest absolute Gasteiger partial charge is 0.230 e. The van der Waals surface area contributed by atoms with Crippen molar-refractivity contribution < 1.29 is 15.0 Å². The molecule has 5 heteroatoms. The quantitative estimate of drug-likeness (QED) is 0.545. The molecule has 14 heavy (non-hydrogen) atoms. The molecule has 0 aromatic carbocycles. The SMILES string of the molecule is O=C(CSCC(O)CO)NCC1CC1. The van der Waals surface area contributed by atoms with Gasteiger partial charge in [-0.25, -0.2) is 0 Å². The Kier molecular flexibility index (Phi) is 5.29. The van der Waals surface area contributed by atoms with Gasteiger partial charge < -0.3 is 15.5 Å². The fourth-order valence-electron chi connectivity index (χ4n) is 0.972. The van der Waals surface area contributed by atoms with E-state index in [2.05, 4.69) is 5.32 Å². The highest BCUT2D eigenvalue weighted by molar-refractivity contribution is 7.99. The molecule has 0 bridgehead atoms. The van der Waals surface area contributed by atoms with Gasteiger partial charge in [-0.2, -0.15) is 0 Å². The van der Waals surface area contributed by atoms with E-state index in [1.165, 1.54) is 24.6 Å². The average molecular weight is 219 g/mol. The summed E-state index contributed by atoms with van der Waals surface area (Å²) < 4.78 is 0. The van der Waals surface area contributed by atoms with Gasteiger partial charge in [0.1, 0.15) is 0 Å². The van der Waals surface area contributed by atoms with Gasteiger partial charge in [0.05, 0.1) is 18.5 Å². The van der Waals surface area contributed by atoms with Crippen molar-refractivity contribution >= 4 is 17.7 Å². The van der Waals surface area contributed by atoms with Crippen LogP contribution in [0.5, 0.6) is 0 Å². The Bertz CT molecular complexity index is 185. The summed E-state index contributed by atoms with van der Waals surface area (Å²) in [4.78, 5) is 11.2. The largest absolute Gasteiger partial charge is 0.394 e. The minimum Gasteiger partial charge on any atom is -0.394 e. The molecule has 0 aliphatic heterocycles. The molecule has 0 radical (unpaired) electrons. The Morgan fingerprint density at radius 3 is 2.86 bits per heavy atom. The van der Waals surface area contributed by atoms with Crippen molar-refractivity contribution in [2.75, 3.05) is 24.7 Å². The summed E-state index contributed by atoms with van der Waals surface area (Å²) in [5.41, 5.74) is 0. The first kappa shape index (κ1) is 11.8. The van der Waals surface area contributed by atoms with Gasteiger partial charge in [0.15, 0.2) is 0 Å². The summed E-state index contributed by atoms with van der Waals surface area (Å²) in [6.45, 7) is 0.554. The minimum absolute atomic E-state index is 0.0204. The second-order valence-corrected chi connectivity index (χ2v) is 4.63. The first-order chi connectivity index (χ1) is 6.72. The van der Waals surface area contributed by atoms with Crippen LogP contribution in [0.15, 0.2) is 0 Å². The predicted octanol–water partition coefficient (Wildman–Crippen LogP) is -0.401. The average Bonchev–Trinajstić information content (AvgIpc) is 2.98. The van der Waals surface area contributed by atoms with Crippen LogP contribution in [0.2, 0.25) is 0 Å². The van der Waals surface area contributed by atoms with Crippen molar-refractivity contribution in [3.63, 3.8) is 0 Å². The fraction of sp³-hybridized carbons (Fsp3) is 0.889. The maximum Gasteiger partial charge on any atom is 0.230 e. The zero-order chi connectivity index (χ0) is 10.4. The second-order valence-electron chi connectivity index (χ2n) is 3.60. The van der Waals surface area contributed by atoms with Gasteiger partial charge in [0, 0.05) is 12.3 Å². The first-order valence-electron chi connectivity index (χ1n) is 4.85. The van der Waals surface area contributed by atoms with Crippen molar-refractivity contribution in [2.45, 2.75) is 18.9 Å². The number of aliphatic hydroxyl groups excluding tert-OH is 2. The van der Waals surface area contributed by atoms with Gasteiger partial charge in [-0.1, -0.05) is 0 Å². The van der Waals surface area contributed by atoms with Gasteiger partial charge >= 0.3 is 0 Å². The third kappa shape index (κ3) is 5.47. The highest BCUT2D eigenvalue weighted by atomic mass is 32.2. The maximum absolute atomic E-state index is 11.2. The number of hydrogen-bond acceptors (Lipinski definition) is 4. The molecule has 1 rings (SSSR count). The predicted molar refractivity (Wildman–Crippen MR) is 56.2 cm³/mol. The Morgan fingerprint density at radius 2 is 2.29 bits per heavy atom. The van der Waals surface area contributed by atoms with Crippen LogP contribution < -0.4 is 5.32 Å². The summed E-state index contributed by atoms with van der Waals surface area (Å²) in [5.74, 6) is 1.50. The Morgan fingerprint density at radius 1 is 1.57 bits per heavy atom. The molecule has 0 saturated heterocycles. The van der Waals surface area contributed by atoms with Gasteiger partial charge in [-0.15, -0.1) is 11.8 Å². The molecule has 0 heterocycles. The second kappa shape index (κ2) is 6.27. The van der Waals surface area contributed by atoms with Crippen LogP contribution in [0.25, 0.3) is 0 Å². The zero-order valence-electron chi connectivity index (χ0n) is 8.11. The highest BCUT2D eigenvalue weighted by Gasteiger charge is 2.21. The lowest BCUT2D eigenvalue weighted by atomic mass is 10.4. The molecule has 0 aromatic rings. The molecular formula is C9H17NO3S. The van der Waals surface area contributed by atoms with E-state index in [4.69, 9.17) is 10.2 Å². The number of nitrogens with one attached hydrogen (secondary N) is 1. The zero-order valence-corrected chi connectivity index (χ0v) is 8.92. The molecule has 1 aliphatic carbocycles. The summed E-state index contributed by atoms with van der Waals surface area (Å²) in [5, 5.41) is 20.3. The minimum atomic E-state index is -0.712. The van der Waals surface area contributed by atoms with Crippen molar-refractivity contribution in [1.29, 1.82) is 0 Å². The van der Waals surface area contributed by atoms with Crippen LogP contribution in [-0.2, 0) is 4.79 Å². The summed E-state index contributed by atoms with van der Waals surface area (Å²) in [6, 6.07) is 0. The van der Waals surface area contributed by atoms with Gasteiger partial charge in [0.25, 0.3) is 0 Å². The summed E-state index contributed by atoms with van der Waals surface area (Å²) >= 11 is 1.34. The normalized spacial score (nSPS) is 17.9. The molecule has 1 aliphatic rings. The Hall–Kier alpha value is -0.260. The molecule has 1 fully saturated rings. The van der Waals surface area contributed by atoms with Crippen LogP contribution in [0.4, 0.5) is 0 Å². The van der Waals surface area contributed by atoms with E-state index in [9.17, 15) is 4.79 Å². The van der Waals surface area contributed by atoms with Crippen LogP contribution in [0.1, 0.15) is 12.8 Å². The van der Waals surface area contributed by atoms with Gasteiger partial charge in [-0.3, -0.25) is 4.79 Å². The Labute approximate surface area is 88.1 Å². The number of aliphatic hydroxyl groups is 2. The molecule has 1 saturated carbocycles. The molecular weight excluding hydrogens is 202 g/mol. The maximum atomic E-state index is 11.2. The Balaban J connectivity index is 1.91. The molecule has 1 amide bonds. The van der Waals surface area contributed by atoms with Crippen LogP contribution in [0, 0.1) is 5.92 Å². The molecule has 82 valence electrons. The van der Waals surface area contributed by atoms with E-state index in [0.29, 0.717) is 17.4 Å². The molecule has 0 spiro atoms. The third-order valence-corrected chi connectivity index (χ3v) is 3.13.